The van der Waals surface area contributed by atoms with E-state index in [0.29, 0.717) is 11.6 Å². The number of benzene rings is 1. The van der Waals surface area contributed by atoms with Gasteiger partial charge in [0.1, 0.15) is 11.8 Å². The summed E-state index contributed by atoms with van der Waals surface area (Å²) in [6.45, 7) is 7.18. The Morgan fingerprint density at radius 3 is 2.60 bits per heavy atom. The fourth-order valence-electron chi connectivity index (χ4n) is 2.40. The molecule has 1 aromatic heterocycles. The summed E-state index contributed by atoms with van der Waals surface area (Å²) in [5.41, 5.74) is 5.50. The zero-order valence-corrected chi connectivity index (χ0v) is 12.6. The number of aromatic nitrogens is 1. The first-order valence-electron chi connectivity index (χ1n) is 6.92. The second-order valence-electron chi connectivity index (χ2n) is 5.41. The van der Waals surface area contributed by atoms with Crippen molar-refractivity contribution in [1.29, 1.82) is 5.26 Å². The Labute approximate surface area is 120 Å². The van der Waals surface area contributed by atoms with Gasteiger partial charge in [0.05, 0.1) is 0 Å². The van der Waals surface area contributed by atoms with Crippen LogP contribution in [0.1, 0.15) is 42.3 Å². The molecule has 0 aliphatic carbocycles. The molecule has 0 aliphatic heterocycles. The van der Waals surface area contributed by atoms with E-state index in [1.807, 2.05) is 30.7 Å². The van der Waals surface area contributed by atoms with Crippen molar-refractivity contribution in [2.75, 3.05) is 5.32 Å². The quantitative estimate of drug-likeness (QED) is 0.911. The zero-order chi connectivity index (χ0) is 14.7. The van der Waals surface area contributed by atoms with Crippen molar-refractivity contribution in [2.24, 2.45) is 7.05 Å². The lowest BCUT2D eigenvalue weighted by molar-refractivity contribution is 0.852. The van der Waals surface area contributed by atoms with Crippen molar-refractivity contribution in [3.05, 3.63) is 52.8 Å². The Balaban J connectivity index is 2.20. The van der Waals surface area contributed by atoms with Crippen LogP contribution in [0.5, 0.6) is 0 Å². The summed E-state index contributed by atoms with van der Waals surface area (Å²) in [6, 6.07) is 12.6. The molecule has 0 unspecified atom stereocenters. The predicted octanol–water partition coefficient (Wildman–Crippen LogP) is 3.94. The molecule has 1 heterocycles. The molecule has 0 saturated carbocycles. The van der Waals surface area contributed by atoms with E-state index in [1.165, 1.54) is 16.8 Å². The average Bonchev–Trinajstić information content (AvgIpc) is 2.72. The molecule has 0 atom stereocenters. The summed E-state index contributed by atoms with van der Waals surface area (Å²) >= 11 is 0. The molecule has 1 aromatic carbocycles. The van der Waals surface area contributed by atoms with Crippen LogP contribution in [-0.2, 0) is 13.6 Å². The molecule has 0 saturated heterocycles. The van der Waals surface area contributed by atoms with Crippen molar-refractivity contribution in [2.45, 2.75) is 33.2 Å². The maximum absolute atomic E-state index is 9.07. The first-order valence-corrected chi connectivity index (χ1v) is 6.92. The summed E-state index contributed by atoms with van der Waals surface area (Å²) in [5.74, 6) is 0.491. The number of rotatable bonds is 4. The molecule has 0 fully saturated rings. The molecule has 1 N–H and O–H groups in total. The van der Waals surface area contributed by atoms with Gasteiger partial charge in [-0.1, -0.05) is 32.0 Å². The molecule has 3 nitrogen and oxygen atoms in total. The Kier molecular flexibility index (Phi) is 4.14. The van der Waals surface area contributed by atoms with Crippen molar-refractivity contribution >= 4 is 5.69 Å². The number of nitrogens with zero attached hydrogens (tertiary/aromatic N) is 2. The van der Waals surface area contributed by atoms with Crippen LogP contribution in [0.3, 0.4) is 0 Å². The molecule has 0 aliphatic rings. The van der Waals surface area contributed by atoms with Crippen LogP contribution in [0, 0.1) is 18.3 Å². The second-order valence-corrected chi connectivity index (χ2v) is 5.41. The van der Waals surface area contributed by atoms with Gasteiger partial charge in [0.2, 0.25) is 0 Å². The molecule has 0 amide bonds. The van der Waals surface area contributed by atoms with Gasteiger partial charge in [-0.25, -0.2) is 0 Å². The van der Waals surface area contributed by atoms with Gasteiger partial charge in [-0.3, -0.25) is 0 Å². The lowest BCUT2D eigenvalue weighted by Crippen LogP contribution is -2.04. The molecule has 0 radical (unpaired) electrons. The third kappa shape index (κ3) is 2.70. The van der Waals surface area contributed by atoms with E-state index in [-0.39, 0.29) is 0 Å². The highest BCUT2D eigenvalue weighted by atomic mass is 15.0. The normalized spacial score (nSPS) is 10.6. The van der Waals surface area contributed by atoms with Gasteiger partial charge in [-0.2, -0.15) is 5.26 Å². The minimum atomic E-state index is 0.491. The van der Waals surface area contributed by atoms with Crippen LogP contribution in [0.2, 0.25) is 0 Å². The molecule has 2 rings (SSSR count). The monoisotopic (exact) mass is 267 g/mol. The number of hydrogen-bond donors (Lipinski definition) is 1. The van der Waals surface area contributed by atoms with Gasteiger partial charge in [-0.15, -0.1) is 0 Å². The Hall–Kier alpha value is -2.21. The van der Waals surface area contributed by atoms with Gasteiger partial charge < -0.3 is 9.88 Å². The van der Waals surface area contributed by atoms with Gasteiger partial charge >= 0.3 is 0 Å². The average molecular weight is 267 g/mol. The highest BCUT2D eigenvalue weighted by Crippen LogP contribution is 2.24. The van der Waals surface area contributed by atoms with Crippen molar-refractivity contribution in [3.63, 3.8) is 0 Å². The molecule has 104 valence electrons. The third-order valence-corrected chi connectivity index (χ3v) is 3.81. The number of nitrogens with one attached hydrogen (secondary N) is 1. The van der Waals surface area contributed by atoms with Crippen LogP contribution < -0.4 is 5.32 Å². The molecule has 3 heteroatoms. The van der Waals surface area contributed by atoms with Gasteiger partial charge in [-0.05, 0) is 36.1 Å². The maximum Gasteiger partial charge on any atom is 0.120 e. The van der Waals surface area contributed by atoms with Gasteiger partial charge in [0.15, 0.2) is 0 Å². The highest BCUT2D eigenvalue weighted by Gasteiger charge is 2.10. The molecule has 2 aromatic rings. The van der Waals surface area contributed by atoms with Crippen LogP contribution in [-0.4, -0.2) is 4.57 Å². The fraction of sp³-hybridized carbons (Fsp3) is 0.353. The van der Waals surface area contributed by atoms with Crippen LogP contribution >= 0.6 is 0 Å². The van der Waals surface area contributed by atoms with Crippen LogP contribution in [0.25, 0.3) is 0 Å². The van der Waals surface area contributed by atoms with E-state index in [1.54, 1.807) is 0 Å². The number of nitriles is 1. The molecular weight excluding hydrogens is 246 g/mol. The largest absolute Gasteiger partial charge is 0.381 e. The second kappa shape index (κ2) is 5.83. The SMILES string of the molecule is Cc1c(CNc2ccccc2C(C)C)cc(C#N)n1C. The van der Waals surface area contributed by atoms with E-state index in [2.05, 4.69) is 43.4 Å². The van der Waals surface area contributed by atoms with Crippen LogP contribution in [0.15, 0.2) is 30.3 Å². The summed E-state index contributed by atoms with van der Waals surface area (Å²) in [4.78, 5) is 0. The number of para-hydroxylation sites is 1. The van der Waals surface area contributed by atoms with E-state index >= 15 is 0 Å². The Morgan fingerprint density at radius 2 is 2.00 bits per heavy atom. The number of anilines is 1. The highest BCUT2D eigenvalue weighted by molar-refractivity contribution is 5.53. The zero-order valence-electron chi connectivity index (χ0n) is 12.6. The first kappa shape index (κ1) is 14.2. The fourth-order valence-corrected chi connectivity index (χ4v) is 2.40. The first-order chi connectivity index (χ1) is 9.54. The topological polar surface area (TPSA) is 40.8 Å². The van der Waals surface area contributed by atoms with Crippen molar-refractivity contribution < 1.29 is 0 Å². The van der Waals surface area contributed by atoms with Crippen molar-refractivity contribution in [1.82, 2.24) is 4.57 Å². The minimum Gasteiger partial charge on any atom is -0.381 e. The molecule has 0 spiro atoms. The van der Waals surface area contributed by atoms with Gasteiger partial charge in [0, 0.05) is 25.0 Å². The summed E-state index contributed by atoms with van der Waals surface area (Å²) in [5, 5.41) is 12.6. The smallest absolute Gasteiger partial charge is 0.120 e. The predicted molar refractivity (Wildman–Crippen MR) is 82.7 cm³/mol. The minimum absolute atomic E-state index is 0.491. The molecule has 20 heavy (non-hydrogen) atoms. The summed E-state index contributed by atoms with van der Waals surface area (Å²) in [6.07, 6.45) is 0. The van der Waals surface area contributed by atoms with Crippen LogP contribution in [0.4, 0.5) is 5.69 Å². The Morgan fingerprint density at radius 1 is 1.30 bits per heavy atom. The van der Waals surface area contributed by atoms with E-state index in [0.717, 1.165) is 12.2 Å². The molecular formula is C17H21N3. The number of hydrogen-bond acceptors (Lipinski definition) is 2. The third-order valence-electron chi connectivity index (χ3n) is 3.81. The van der Waals surface area contributed by atoms with E-state index in [9.17, 15) is 0 Å². The lowest BCUT2D eigenvalue weighted by Gasteiger charge is -2.14. The van der Waals surface area contributed by atoms with Gasteiger partial charge in [0.25, 0.3) is 0 Å². The summed E-state index contributed by atoms with van der Waals surface area (Å²) < 4.78 is 1.94. The van der Waals surface area contributed by atoms with Crippen molar-refractivity contribution in [3.8, 4) is 6.07 Å². The lowest BCUT2D eigenvalue weighted by atomic mass is 10.0. The molecule has 0 bridgehead atoms. The standard InChI is InChI=1S/C17H21N3/c1-12(2)16-7-5-6-8-17(16)19-11-14-9-15(10-18)20(4)13(14)3/h5-9,12,19H,11H2,1-4H3. The maximum atomic E-state index is 9.07. The van der Waals surface area contributed by atoms with E-state index in [4.69, 9.17) is 5.26 Å². The van der Waals surface area contributed by atoms with E-state index < -0.39 is 0 Å². The summed E-state index contributed by atoms with van der Waals surface area (Å²) in [7, 11) is 1.93. The Bertz CT molecular complexity index is 645.